The number of carbonyl (C=O) groups is 2. The van der Waals surface area contributed by atoms with Crippen LogP contribution in [0.3, 0.4) is 0 Å². The molecule has 1 saturated heterocycles. The zero-order valence-corrected chi connectivity index (χ0v) is 15.0. The van der Waals surface area contributed by atoms with Gasteiger partial charge in [0.25, 0.3) is 5.91 Å². The van der Waals surface area contributed by atoms with Crippen molar-refractivity contribution in [2.45, 2.75) is 11.3 Å². The Bertz CT molecular complexity index is 682. The van der Waals surface area contributed by atoms with Gasteiger partial charge in [-0.05, 0) is 30.7 Å². The molecule has 0 atom stereocenters. The molecule has 25 heavy (non-hydrogen) atoms. The predicted molar refractivity (Wildman–Crippen MR) is 91.7 cm³/mol. The van der Waals surface area contributed by atoms with E-state index in [9.17, 15) is 18.0 Å². The Morgan fingerprint density at radius 1 is 1.20 bits per heavy atom. The van der Waals surface area contributed by atoms with Gasteiger partial charge in [-0.15, -0.1) is 0 Å². The number of hydrogen-bond donors (Lipinski definition) is 1. The van der Waals surface area contributed by atoms with Gasteiger partial charge in [0.2, 0.25) is 16.4 Å². The average Bonchev–Trinajstić information content (AvgIpc) is 2.65. The summed E-state index contributed by atoms with van der Waals surface area (Å²) in [4.78, 5) is 24.4. The minimum Gasteiger partial charge on any atom is -0.385 e. The van der Waals surface area contributed by atoms with Gasteiger partial charge in [-0.1, -0.05) is 0 Å². The molecule has 0 spiro atoms. The number of nitrogens with zero attached hydrogens (tertiary/aromatic N) is 2. The van der Waals surface area contributed by atoms with E-state index in [1.807, 2.05) is 0 Å². The van der Waals surface area contributed by atoms with Crippen molar-refractivity contribution in [1.29, 1.82) is 0 Å². The number of benzene rings is 1. The van der Waals surface area contributed by atoms with Crippen molar-refractivity contribution >= 4 is 22.3 Å². The Kier molecular flexibility index (Phi) is 6.91. The third kappa shape index (κ3) is 5.00. The third-order valence-electron chi connectivity index (χ3n) is 3.99. The molecular formula is C16H23N3O5S. The van der Waals surface area contributed by atoms with Gasteiger partial charge in [0, 0.05) is 52.0 Å². The van der Waals surface area contributed by atoms with Gasteiger partial charge >= 0.3 is 0 Å². The number of rotatable bonds is 8. The molecule has 2 amide bonds. The maximum Gasteiger partial charge on any atom is 0.251 e. The van der Waals surface area contributed by atoms with E-state index in [0.29, 0.717) is 38.2 Å². The number of hydrogen-bond acceptors (Lipinski definition) is 5. The Morgan fingerprint density at radius 3 is 2.40 bits per heavy atom. The molecule has 1 heterocycles. The molecule has 1 fully saturated rings. The van der Waals surface area contributed by atoms with Crippen LogP contribution >= 0.6 is 0 Å². The average molecular weight is 369 g/mol. The topological polar surface area (TPSA) is 96.0 Å². The zero-order chi connectivity index (χ0) is 18.3. The van der Waals surface area contributed by atoms with Crippen molar-refractivity contribution in [1.82, 2.24) is 14.5 Å². The second-order valence-electron chi connectivity index (χ2n) is 5.67. The fraction of sp³-hybridized carbons (Fsp3) is 0.500. The molecule has 0 aromatic heterocycles. The summed E-state index contributed by atoms with van der Waals surface area (Å²) < 4.78 is 31.5. The second kappa shape index (κ2) is 8.93. The van der Waals surface area contributed by atoms with Crippen molar-refractivity contribution in [2.24, 2.45) is 0 Å². The quantitative estimate of drug-likeness (QED) is 0.511. The van der Waals surface area contributed by atoms with Gasteiger partial charge in [0.1, 0.15) is 0 Å². The van der Waals surface area contributed by atoms with E-state index in [1.54, 1.807) is 12.0 Å². The van der Waals surface area contributed by atoms with E-state index in [0.717, 1.165) is 6.41 Å². The minimum atomic E-state index is -3.62. The van der Waals surface area contributed by atoms with Crippen molar-refractivity contribution in [3.63, 3.8) is 0 Å². The molecule has 1 aromatic rings. The normalized spacial score (nSPS) is 15.8. The van der Waals surface area contributed by atoms with E-state index in [4.69, 9.17) is 4.74 Å². The molecule has 0 bridgehead atoms. The number of ether oxygens (including phenoxy) is 1. The lowest BCUT2D eigenvalue weighted by Gasteiger charge is -2.31. The monoisotopic (exact) mass is 369 g/mol. The van der Waals surface area contributed by atoms with Crippen LogP contribution < -0.4 is 5.32 Å². The Balaban J connectivity index is 1.98. The lowest BCUT2D eigenvalue weighted by atomic mass is 10.2. The van der Waals surface area contributed by atoms with E-state index >= 15 is 0 Å². The summed E-state index contributed by atoms with van der Waals surface area (Å²) in [5.41, 5.74) is 0.405. The van der Waals surface area contributed by atoms with Crippen LogP contribution in [0.4, 0.5) is 0 Å². The van der Waals surface area contributed by atoms with E-state index in [-0.39, 0.29) is 23.9 Å². The van der Waals surface area contributed by atoms with Crippen LogP contribution in [0.2, 0.25) is 0 Å². The fourth-order valence-electron chi connectivity index (χ4n) is 2.50. The SMILES string of the molecule is COCCCNC(=O)c1ccc(S(=O)(=O)N2CCN(C=O)CC2)cc1. The summed E-state index contributed by atoms with van der Waals surface area (Å²) in [6, 6.07) is 5.87. The van der Waals surface area contributed by atoms with Crippen molar-refractivity contribution < 1.29 is 22.7 Å². The molecule has 8 nitrogen and oxygen atoms in total. The van der Waals surface area contributed by atoms with Crippen LogP contribution in [0.15, 0.2) is 29.2 Å². The molecule has 2 rings (SSSR count). The van der Waals surface area contributed by atoms with Crippen LogP contribution in [0.25, 0.3) is 0 Å². The molecule has 0 aliphatic carbocycles. The maximum atomic E-state index is 12.6. The first kappa shape index (κ1) is 19.4. The second-order valence-corrected chi connectivity index (χ2v) is 7.61. The highest BCUT2D eigenvalue weighted by molar-refractivity contribution is 7.89. The van der Waals surface area contributed by atoms with Gasteiger partial charge in [0.15, 0.2) is 0 Å². The highest BCUT2D eigenvalue weighted by Crippen LogP contribution is 2.18. The predicted octanol–water partition coefficient (Wildman–Crippen LogP) is -0.0844. The number of piperazine rings is 1. The zero-order valence-electron chi connectivity index (χ0n) is 14.2. The number of sulfonamides is 1. The number of amides is 2. The molecule has 1 N–H and O–H groups in total. The molecule has 0 unspecified atom stereocenters. The summed E-state index contributed by atoms with van der Waals surface area (Å²) in [6.07, 6.45) is 1.44. The summed E-state index contributed by atoms with van der Waals surface area (Å²) in [5.74, 6) is -0.250. The van der Waals surface area contributed by atoms with Gasteiger partial charge in [0.05, 0.1) is 4.90 Å². The third-order valence-corrected chi connectivity index (χ3v) is 5.90. The first-order valence-corrected chi connectivity index (χ1v) is 9.49. The Morgan fingerprint density at radius 2 is 1.84 bits per heavy atom. The summed E-state index contributed by atoms with van der Waals surface area (Å²) in [6.45, 7) is 2.35. The van der Waals surface area contributed by atoms with Gasteiger partial charge in [-0.25, -0.2) is 8.42 Å². The standard InChI is InChI=1S/C16H23N3O5S/c1-24-12-2-7-17-16(21)14-3-5-15(6-4-14)25(22,23)19-10-8-18(13-20)9-11-19/h3-6,13H,2,7-12H2,1H3,(H,17,21). The van der Waals surface area contributed by atoms with Gasteiger partial charge in [-0.2, -0.15) is 4.31 Å². The minimum absolute atomic E-state index is 0.142. The molecule has 1 aliphatic rings. The van der Waals surface area contributed by atoms with Crippen molar-refractivity contribution in [3.8, 4) is 0 Å². The number of methoxy groups -OCH3 is 1. The van der Waals surface area contributed by atoms with Gasteiger partial charge < -0.3 is 15.0 Å². The van der Waals surface area contributed by atoms with Crippen LogP contribution in [-0.4, -0.2) is 76.4 Å². The number of nitrogens with one attached hydrogen (secondary N) is 1. The maximum absolute atomic E-state index is 12.6. The van der Waals surface area contributed by atoms with E-state index in [2.05, 4.69) is 5.32 Å². The van der Waals surface area contributed by atoms with Gasteiger partial charge in [-0.3, -0.25) is 9.59 Å². The van der Waals surface area contributed by atoms with E-state index in [1.165, 1.54) is 28.6 Å². The Labute approximate surface area is 147 Å². The highest BCUT2D eigenvalue weighted by Gasteiger charge is 2.28. The first-order chi connectivity index (χ1) is 12.0. The fourth-order valence-corrected chi connectivity index (χ4v) is 3.92. The smallest absolute Gasteiger partial charge is 0.251 e. The largest absolute Gasteiger partial charge is 0.385 e. The molecule has 0 saturated carbocycles. The molecule has 0 radical (unpaired) electrons. The van der Waals surface area contributed by atoms with Crippen LogP contribution in [0.1, 0.15) is 16.8 Å². The summed E-state index contributed by atoms with van der Waals surface area (Å²) >= 11 is 0. The summed E-state index contributed by atoms with van der Waals surface area (Å²) in [5, 5.41) is 2.75. The van der Waals surface area contributed by atoms with E-state index < -0.39 is 10.0 Å². The molecule has 138 valence electrons. The highest BCUT2D eigenvalue weighted by atomic mass is 32.2. The lowest BCUT2D eigenvalue weighted by molar-refractivity contribution is -0.119. The molecule has 1 aromatic carbocycles. The number of carbonyl (C=O) groups excluding carboxylic acids is 2. The Hall–Kier alpha value is -1.97. The van der Waals surface area contributed by atoms with Crippen molar-refractivity contribution in [3.05, 3.63) is 29.8 Å². The molecular weight excluding hydrogens is 346 g/mol. The first-order valence-electron chi connectivity index (χ1n) is 8.05. The molecule has 1 aliphatic heterocycles. The lowest BCUT2D eigenvalue weighted by Crippen LogP contribution is -2.47. The summed E-state index contributed by atoms with van der Waals surface area (Å²) in [7, 11) is -2.02. The van der Waals surface area contributed by atoms with Crippen molar-refractivity contribution in [2.75, 3.05) is 46.4 Å². The van der Waals surface area contributed by atoms with Crippen LogP contribution in [-0.2, 0) is 19.6 Å². The molecule has 9 heteroatoms. The van der Waals surface area contributed by atoms with Crippen LogP contribution in [0.5, 0.6) is 0 Å². The van der Waals surface area contributed by atoms with Crippen LogP contribution in [0, 0.1) is 0 Å².